The van der Waals surface area contributed by atoms with Gasteiger partial charge in [0.15, 0.2) is 0 Å². The van der Waals surface area contributed by atoms with E-state index < -0.39 is 0 Å². The number of ether oxygens (including phenoxy) is 1. The molecule has 2 aromatic carbocycles. The van der Waals surface area contributed by atoms with Gasteiger partial charge in [-0.2, -0.15) is 0 Å². The zero-order chi connectivity index (χ0) is 21.0. The fraction of sp³-hybridized carbons (Fsp3) is 0.217. The van der Waals surface area contributed by atoms with Crippen molar-refractivity contribution >= 4 is 17.5 Å². The number of aromatic nitrogens is 1. The Morgan fingerprint density at radius 2 is 1.86 bits per heavy atom. The van der Waals surface area contributed by atoms with Crippen LogP contribution in [0.3, 0.4) is 0 Å². The van der Waals surface area contributed by atoms with Crippen molar-refractivity contribution in [2.24, 2.45) is 0 Å². The van der Waals surface area contributed by atoms with E-state index in [1.54, 1.807) is 18.2 Å². The van der Waals surface area contributed by atoms with E-state index in [2.05, 4.69) is 10.3 Å². The predicted octanol–water partition coefficient (Wildman–Crippen LogP) is 4.72. The topological polar surface area (TPSA) is 71.2 Å². The van der Waals surface area contributed by atoms with Gasteiger partial charge in [-0.25, -0.2) is 0 Å². The average molecular weight is 411 g/mol. The van der Waals surface area contributed by atoms with E-state index in [4.69, 9.17) is 16.3 Å². The van der Waals surface area contributed by atoms with Gasteiger partial charge in [0.05, 0.1) is 0 Å². The van der Waals surface area contributed by atoms with Crippen LogP contribution in [0, 0.1) is 13.8 Å². The molecule has 1 unspecified atom stereocenters. The van der Waals surface area contributed by atoms with Crippen molar-refractivity contribution in [1.82, 2.24) is 10.3 Å². The van der Waals surface area contributed by atoms with Gasteiger partial charge in [-0.1, -0.05) is 35.9 Å². The van der Waals surface area contributed by atoms with Crippen LogP contribution in [0.15, 0.2) is 59.4 Å². The van der Waals surface area contributed by atoms with E-state index in [1.807, 2.05) is 57.2 Å². The molecular weight excluding hydrogens is 388 g/mol. The number of carbonyl (C=O) groups is 1. The Hall–Kier alpha value is -3.05. The number of hydrogen-bond acceptors (Lipinski definition) is 3. The fourth-order valence-electron chi connectivity index (χ4n) is 3.14. The summed E-state index contributed by atoms with van der Waals surface area (Å²) in [7, 11) is 0. The third-order valence-corrected chi connectivity index (χ3v) is 5.00. The number of aromatic amines is 1. The Bertz CT molecular complexity index is 1080. The number of amides is 1. The van der Waals surface area contributed by atoms with Gasteiger partial charge < -0.3 is 15.0 Å². The predicted molar refractivity (Wildman–Crippen MR) is 115 cm³/mol. The maximum atomic E-state index is 12.5. The molecule has 1 aromatic heterocycles. The molecule has 1 atom stereocenters. The summed E-state index contributed by atoms with van der Waals surface area (Å²) in [6.45, 7) is 5.72. The maximum absolute atomic E-state index is 12.5. The van der Waals surface area contributed by atoms with Crippen molar-refractivity contribution in [3.63, 3.8) is 0 Å². The second kappa shape index (κ2) is 8.97. The molecule has 150 valence electrons. The number of benzene rings is 2. The molecule has 0 radical (unpaired) electrons. The van der Waals surface area contributed by atoms with Crippen molar-refractivity contribution in [3.8, 4) is 5.75 Å². The number of pyridine rings is 1. The smallest absolute Gasteiger partial charge is 0.253 e. The van der Waals surface area contributed by atoms with Crippen molar-refractivity contribution in [2.75, 3.05) is 0 Å². The van der Waals surface area contributed by atoms with Crippen LogP contribution in [-0.4, -0.2) is 10.9 Å². The van der Waals surface area contributed by atoms with Crippen molar-refractivity contribution in [1.29, 1.82) is 0 Å². The van der Waals surface area contributed by atoms with Gasteiger partial charge in [0.25, 0.3) is 11.5 Å². The minimum absolute atomic E-state index is 0.146. The Morgan fingerprint density at radius 1 is 1.14 bits per heavy atom. The Labute approximate surface area is 174 Å². The number of hydrogen-bond donors (Lipinski definition) is 2. The highest BCUT2D eigenvalue weighted by Crippen LogP contribution is 2.28. The SMILES string of the molecule is Cc1cc(C)c(CNC(=O)c2ccc(C(C)Oc3ccccc3)c(Cl)c2)c(=O)[nH]1. The van der Waals surface area contributed by atoms with Crippen LogP contribution in [0.1, 0.15) is 45.8 Å². The van der Waals surface area contributed by atoms with Gasteiger partial charge in [-0.05, 0) is 56.7 Å². The van der Waals surface area contributed by atoms with Crippen LogP contribution < -0.4 is 15.6 Å². The van der Waals surface area contributed by atoms with E-state index in [1.165, 1.54) is 0 Å². The molecule has 0 aliphatic heterocycles. The van der Waals surface area contributed by atoms with Crippen LogP contribution in [-0.2, 0) is 6.54 Å². The molecule has 0 aliphatic rings. The lowest BCUT2D eigenvalue weighted by molar-refractivity contribution is 0.0950. The molecule has 5 nitrogen and oxygen atoms in total. The van der Waals surface area contributed by atoms with Crippen LogP contribution in [0.2, 0.25) is 5.02 Å². The normalized spacial score (nSPS) is 11.7. The van der Waals surface area contributed by atoms with Crippen molar-refractivity contribution in [2.45, 2.75) is 33.4 Å². The highest BCUT2D eigenvalue weighted by molar-refractivity contribution is 6.31. The summed E-state index contributed by atoms with van der Waals surface area (Å²) in [4.78, 5) is 27.4. The molecule has 1 heterocycles. The average Bonchev–Trinajstić information content (AvgIpc) is 2.67. The Kier molecular flexibility index (Phi) is 6.39. The Morgan fingerprint density at radius 3 is 2.52 bits per heavy atom. The lowest BCUT2D eigenvalue weighted by atomic mass is 10.1. The molecule has 0 saturated carbocycles. The van der Waals surface area contributed by atoms with Crippen molar-refractivity contribution in [3.05, 3.63) is 97.9 Å². The van der Waals surface area contributed by atoms with Gasteiger partial charge >= 0.3 is 0 Å². The number of carbonyl (C=O) groups excluding carboxylic acids is 1. The molecule has 2 N–H and O–H groups in total. The standard InChI is InChI=1S/C23H23ClN2O3/c1-14-11-15(2)26-23(28)20(14)13-25-22(27)17-9-10-19(21(24)12-17)16(3)29-18-7-5-4-6-8-18/h4-12,16H,13H2,1-3H3,(H,25,27)(H,26,28). The molecule has 1 amide bonds. The number of halogens is 1. The van der Waals surface area contributed by atoms with E-state index >= 15 is 0 Å². The van der Waals surface area contributed by atoms with Crippen LogP contribution in [0.5, 0.6) is 5.75 Å². The number of rotatable bonds is 6. The third-order valence-electron chi connectivity index (χ3n) is 4.68. The minimum Gasteiger partial charge on any atom is -0.486 e. The zero-order valence-electron chi connectivity index (χ0n) is 16.6. The first-order chi connectivity index (χ1) is 13.8. The maximum Gasteiger partial charge on any atom is 0.253 e. The lowest BCUT2D eigenvalue weighted by Gasteiger charge is -2.17. The monoisotopic (exact) mass is 410 g/mol. The molecular formula is C23H23ClN2O3. The van der Waals surface area contributed by atoms with E-state index in [0.29, 0.717) is 16.1 Å². The zero-order valence-corrected chi connectivity index (χ0v) is 17.3. The van der Waals surface area contributed by atoms with Gasteiger partial charge in [-0.3, -0.25) is 9.59 Å². The summed E-state index contributed by atoms with van der Waals surface area (Å²) in [5, 5.41) is 3.23. The van der Waals surface area contributed by atoms with Gasteiger partial charge in [-0.15, -0.1) is 0 Å². The molecule has 0 bridgehead atoms. The molecule has 0 saturated heterocycles. The van der Waals surface area contributed by atoms with Gasteiger partial charge in [0.1, 0.15) is 11.9 Å². The second-order valence-electron chi connectivity index (χ2n) is 6.94. The molecule has 3 rings (SSSR count). The molecule has 6 heteroatoms. The molecule has 29 heavy (non-hydrogen) atoms. The summed E-state index contributed by atoms with van der Waals surface area (Å²) >= 11 is 6.40. The van der Waals surface area contributed by atoms with Crippen LogP contribution >= 0.6 is 11.6 Å². The van der Waals surface area contributed by atoms with E-state index in [9.17, 15) is 9.59 Å². The Balaban J connectivity index is 1.69. The first-order valence-electron chi connectivity index (χ1n) is 9.34. The summed E-state index contributed by atoms with van der Waals surface area (Å²) in [5.41, 5.74) is 3.19. The molecule has 0 aliphatic carbocycles. The minimum atomic E-state index is -0.297. The summed E-state index contributed by atoms with van der Waals surface area (Å²) < 4.78 is 5.90. The third kappa shape index (κ3) is 5.06. The quantitative estimate of drug-likeness (QED) is 0.617. The number of aryl methyl sites for hydroxylation is 2. The summed E-state index contributed by atoms with van der Waals surface area (Å²) in [6, 6.07) is 16.5. The highest BCUT2D eigenvalue weighted by atomic mass is 35.5. The molecule has 3 aromatic rings. The van der Waals surface area contributed by atoms with Gasteiger partial charge in [0, 0.05) is 34.0 Å². The first kappa shape index (κ1) is 20.7. The first-order valence-corrected chi connectivity index (χ1v) is 9.71. The highest BCUT2D eigenvalue weighted by Gasteiger charge is 2.15. The fourth-order valence-corrected chi connectivity index (χ4v) is 3.47. The largest absolute Gasteiger partial charge is 0.486 e. The lowest BCUT2D eigenvalue weighted by Crippen LogP contribution is -2.28. The van der Waals surface area contributed by atoms with Crippen LogP contribution in [0.4, 0.5) is 0 Å². The summed E-state index contributed by atoms with van der Waals surface area (Å²) in [6.07, 6.45) is -0.268. The number of H-pyrrole nitrogens is 1. The second-order valence-corrected chi connectivity index (χ2v) is 7.34. The molecule has 0 spiro atoms. The van der Waals surface area contributed by atoms with E-state index in [0.717, 1.165) is 22.6 Å². The van der Waals surface area contributed by atoms with Crippen molar-refractivity contribution < 1.29 is 9.53 Å². The van der Waals surface area contributed by atoms with Gasteiger partial charge in [0.2, 0.25) is 0 Å². The number of para-hydroxylation sites is 1. The van der Waals surface area contributed by atoms with E-state index in [-0.39, 0.29) is 24.1 Å². The van der Waals surface area contributed by atoms with Crippen LogP contribution in [0.25, 0.3) is 0 Å². The molecule has 0 fully saturated rings. The summed E-state index contributed by atoms with van der Waals surface area (Å²) in [5.74, 6) is 0.450. The number of nitrogens with one attached hydrogen (secondary N) is 2.